The van der Waals surface area contributed by atoms with Gasteiger partial charge in [0, 0.05) is 18.5 Å². The van der Waals surface area contributed by atoms with E-state index in [1.165, 1.54) is 32.0 Å². The number of hydrogen-bond donors (Lipinski definition) is 1. The zero-order chi connectivity index (χ0) is 13.9. The van der Waals surface area contributed by atoms with E-state index in [0.29, 0.717) is 18.8 Å². The molecule has 1 fully saturated rings. The van der Waals surface area contributed by atoms with Gasteiger partial charge in [-0.05, 0) is 18.8 Å². The van der Waals surface area contributed by atoms with Crippen LogP contribution >= 0.6 is 0 Å². The second-order valence-corrected chi connectivity index (χ2v) is 5.94. The van der Waals surface area contributed by atoms with Crippen molar-refractivity contribution in [3.8, 4) is 0 Å². The normalized spacial score (nSPS) is 19.1. The Morgan fingerprint density at radius 1 is 1.35 bits per heavy atom. The molecule has 20 heavy (non-hydrogen) atoms. The summed E-state index contributed by atoms with van der Waals surface area (Å²) in [6.45, 7) is 1.33. The Kier molecular flexibility index (Phi) is 3.85. The van der Waals surface area contributed by atoms with Crippen molar-refractivity contribution in [3.63, 3.8) is 0 Å². The van der Waals surface area contributed by atoms with Crippen LogP contribution in [-0.2, 0) is 17.8 Å². The maximum absolute atomic E-state index is 12.3. The summed E-state index contributed by atoms with van der Waals surface area (Å²) in [4.78, 5) is 22.5. The van der Waals surface area contributed by atoms with Crippen LogP contribution in [0.3, 0.4) is 0 Å². The molecule has 0 aromatic carbocycles. The maximum atomic E-state index is 12.3. The minimum atomic E-state index is 0.264. The van der Waals surface area contributed by atoms with Gasteiger partial charge in [-0.2, -0.15) is 0 Å². The number of carbonyl (C=O) groups is 1. The van der Waals surface area contributed by atoms with Crippen molar-refractivity contribution >= 4 is 11.7 Å². The fourth-order valence-corrected chi connectivity index (χ4v) is 3.38. The quantitative estimate of drug-likeness (QED) is 0.914. The highest BCUT2D eigenvalue weighted by Gasteiger charge is 2.24. The first kappa shape index (κ1) is 13.3. The fraction of sp³-hybridized carbons (Fsp3) is 0.667. The molecule has 1 aromatic heterocycles. The molecule has 1 aliphatic carbocycles. The monoisotopic (exact) mass is 274 g/mol. The lowest BCUT2D eigenvalue weighted by atomic mass is 10.0. The molecule has 2 N–H and O–H groups in total. The first-order valence-electron chi connectivity index (χ1n) is 7.60. The fourth-order valence-electron chi connectivity index (χ4n) is 3.38. The Morgan fingerprint density at radius 2 is 2.15 bits per heavy atom. The predicted molar refractivity (Wildman–Crippen MR) is 76.8 cm³/mol. The van der Waals surface area contributed by atoms with E-state index in [4.69, 9.17) is 5.73 Å². The Hall–Kier alpha value is -1.65. The largest absolute Gasteiger partial charge is 0.383 e. The standard InChI is InChI=1S/C15H22N4O/c16-15-12-7-8-19(9-13(12)17-10-18-15)14(20)6-5-11-3-1-2-4-11/h10-11H,1-9H2,(H2,16,17,18). The average Bonchev–Trinajstić information content (AvgIpc) is 2.98. The van der Waals surface area contributed by atoms with Gasteiger partial charge in [0.05, 0.1) is 12.2 Å². The second-order valence-electron chi connectivity index (χ2n) is 5.94. The number of nitrogen functional groups attached to an aromatic ring is 1. The van der Waals surface area contributed by atoms with Crippen molar-refractivity contribution in [1.82, 2.24) is 14.9 Å². The van der Waals surface area contributed by atoms with Gasteiger partial charge < -0.3 is 10.6 Å². The minimum absolute atomic E-state index is 0.264. The van der Waals surface area contributed by atoms with E-state index in [1.807, 2.05) is 4.90 Å². The molecule has 0 bridgehead atoms. The molecule has 0 atom stereocenters. The lowest BCUT2D eigenvalue weighted by molar-refractivity contribution is -0.132. The van der Waals surface area contributed by atoms with Crippen molar-refractivity contribution in [2.45, 2.75) is 51.5 Å². The molecule has 0 radical (unpaired) electrons. The molecule has 108 valence electrons. The van der Waals surface area contributed by atoms with Crippen molar-refractivity contribution in [2.24, 2.45) is 5.92 Å². The van der Waals surface area contributed by atoms with Gasteiger partial charge in [-0.25, -0.2) is 9.97 Å². The molecule has 2 heterocycles. The second kappa shape index (κ2) is 5.77. The molecular formula is C15H22N4O. The van der Waals surface area contributed by atoms with Gasteiger partial charge in [0.25, 0.3) is 0 Å². The number of anilines is 1. The number of nitrogens with two attached hydrogens (primary N) is 1. The third kappa shape index (κ3) is 2.76. The molecule has 5 heteroatoms. The van der Waals surface area contributed by atoms with Gasteiger partial charge in [-0.3, -0.25) is 4.79 Å². The van der Waals surface area contributed by atoms with E-state index in [2.05, 4.69) is 9.97 Å². The third-order valence-electron chi connectivity index (χ3n) is 4.63. The lowest BCUT2D eigenvalue weighted by Crippen LogP contribution is -2.37. The zero-order valence-corrected chi connectivity index (χ0v) is 11.8. The first-order chi connectivity index (χ1) is 9.74. The Bertz CT molecular complexity index is 497. The number of amides is 1. The maximum Gasteiger partial charge on any atom is 0.222 e. The predicted octanol–water partition coefficient (Wildman–Crippen LogP) is 1.91. The van der Waals surface area contributed by atoms with E-state index < -0.39 is 0 Å². The van der Waals surface area contributed by atoms with Crippen LogP contribution < -0.4 is 5.73 Å². The van der Waals surface area contributed by atoms with E-state index in [1.54, 1.807) is 0 Å². The summed E-state index contributed by atoms with van der Waals surface area (Å²) < 4.78 is 0. The van der Waals surface area contributed by atoms with Crippen molar-refractivity contribution in [1.29, 1.82) is 0 Å². The van der Waals surface area contributed by atoms with Crippen LogP contribution in [0.5, 0.6) is 0 Å². The van der Waals surface area contributed by atoms with E-state index in [0.717, 1.165) is 36.6 Å². The molecule has 3 rings (SSSR count). The highest BCUT2D eigenvalue weighted by molar-refractivity contribution is 5.76. The van der Waals surface area contributed by atoms with Crippen LogP contribution in [0.15, 0.2) is 6.33 Å². The summed E-state index contributed by atoms with van der Waals surface area (Å²) in [5, 5.41) is 0. The molecule has 1 aromatic rings. The van der Waals surface area contributed by atoms with Crippen molar-refractivity contribution in [3.05, 3.63) is 17.6 Å². The summed E-state index contributed by atoms with van der Waals surface area (Å²) in [6.07, 6.45) is 9.28. The Labute approximate surface area is 119 Å². The molecule has 0 unspecified atom stereocenters. The summed E-state index contributed by atoms with van der Waals surface area (Å²) in [6, 6.07) is 0. The van der Waals surface area contributed by atoms with Crippen LogP contribution in [-0.4, -0.2) is 27.3 Å². The van der Waals surface area contributed by atoms with Crippen molar-refractivity contribution < 1.29 is 4.79 Å². The molecule has 1 amide bonds. The molecule has 1 aliphatic heterocycles. The smallest absolute Gasteiger partial charge is 0.222 e. The Balaban J connectivity index is 1.57. The topological polar surface area (TPSA) is 72.1 Å². The lowest BCUT2D eigenvalue weighted by Gasteiger charge is -2.28. The van der Waals surface area contributed by atoms with Crippen LogP contribution in [0.4, 0.5) is 5.82 Å². The molecule has 2 aliphatic rings. The summed E-state index contributed by atoms with van der Waals surface area (Å²) in [7, 11) is 0. The van der Waals surface area contributed by atoms with Crippen LogP contribution in [0.2, 0.25) is 0 Å². The molecular weight excluding hydrogens is 252 g/mol. The van der Waals surface area contributed by atoms with E-state index in [9.17, 15) is 4.79 Å². The van der Waals surface area contributed by atoms with Gasteiger partial charge in [0.1, 0.15) is 12.1 Å². The number of hydrogen-bond acceptors (Lipinski definition) is 4. The number of aromatic nitrogens is 2. The zero-order valence-electron chi connectivity index (χ0n) is 11.8. The van der Waals surface area contributed by atoms with Gasteiger partial charge >= 0.3 is 0 Å². The van der Waals surface area contributed by atoms with Gasteiger partial charge in [0.2, 0.25) is 5.91 Å². The highest BCUT2D eigenvalue weighted by Crippen LogP contribution is 2.29. The first-order valence-corrected chi connectivity index (χ1v) is 7.60. The average molecular weight is 274 g/mol. The summed E-state index contributed by atoms with van der Waals surface area (Å²) in [5.74, 6) is 1.60. The van der Waals surface area contributed by atoms with Crippen molar-refractivity contribution in [2.75, 3.05) is 12.3 Å². The van der Waals surface area contributed by atoms with Gasteiger partial charge in [0.15, 0.2) is 0 Å². The summed E-state index contributed by atoms with van der Waals surface area (Å²) >= 11 is 0. The minimum Gasteiger partial charge on any atom is -0.383 e. The molecule has 1 saturated carbocycles. The molecule has 5 nitrogen and oxygen atoms in total. The molecule has 0 spiro atoms. The van der Waals surface area contributed by atoms with Gasteiger partial charge in [-0.15, -0.1) is 0 Å². The number of fused-ring (bicyclic) bond motifs is 1. The van der Waals surface area contributed by atoms with Gasteiger partial charge in [-0.1, -0.05) is 25.7 Å². The SMILES string of the molecule is Nc1ncnc2c1CCN(C(=O)CCC1CCCC1)C2. The van der Waals surface area contributed by atoms with Crippen LogP contribution in [0.25, 0.3) is 0 Å². The highest BCUT2D eigenvalue weighted by atomic mass is 16.2. The van der Waals surface area contributed by atoms with Crippen LogP contribution in [0.1, 0.15) is 49.8 Å². The number of carbonyl (C=O) groups excluding carboxylic acids is 1. The summed E-state index contributed by atoms with van der Waals surface area (Å²) in [5.41, 5.74) is 7.79. The molecule has 0 saturated heterocycles. The van der Waals surface area contributed by atoms with E-state index in [-0.39, 0.29) is 5.91 Å². The number of nitrogens with zero attached hydrogens (tertiary/aromatic N) is 3. The van der Waals surface area contributed by atoms with Crippen LogP contribution in [0, 0.1) is 5.92 Å². The number of rotatable bonds is 3. The third-order valence-corrected chi connectivity index (χ3v) is 4.63. The Morgan fingerprint density at radius 3 is 2.95 bits per heavy atom. The van der Waals surface area contributed by atoms with E-state index >= 15 is 0 Å².